The van der Waals surface area contributed by atoms with E-state index in [4.69, 9.17) is 4.74 Å². The molecule has 0 radical (unpaired) electrons. The number of rotatable bonds is 2. The fourth-order valence-electron chi connectivity index (χ4n) is 2.30. The third-order valence-corrected chi connectivity index (χ3v) is 3.17. The van der Waals surface area contributed by atoms with Gasteiger partial charge < -0.3 is 9.30 Å². The molecule has 0 aliphatic heterocycles. The molecule has 0 N–H and O–H groups in total. The Morgan fingerprint density at radius 3 is 2.80 bits per heavy atom. The Morgan fingerprint density at radius 1 is 1.33 bits per heavy atom. The van der Waals surface area contributed by atoms with Gasteiger partial charge in [-0.1, -0.05) is 6.07 Å². The van der Waals surface area contributed by atoms with Gasteiger partial charge in [0.15, 0.2) is 0 Å². The van der Waals surface area contributed by atoms with Gasteiger partial charge >= 0.3 is 0 Å². The van der Waals surface area contributed by atoms with Crippen molar-refractivity contribution in [2.75, 3.05) is 7.11 Å². The molecule has 78 valence electrons. The van der Waals surface area contributed by atoms with Crippen molar-refractivity contribution in [3.8, 4) is 5.75 Å². The highest BCUT2D eigenvalue weighted by molar-refractivity contribution is 5.90. The van der Waals surface area contributed by atoms with Crippen molar-refractivity contribution in [2.24, 2.45) is 0 Å². The largest absolute Gasteiger partial charge is 0.496 e. The van der Waals surface area contributed by atoms with Crippen molar-refractivity contribution >= 4 is 10.9 Å². The molecule has 1 heterocycles. The number of aryl methyl sites for hydroxylation is 1. The molecule has 1 fully saturated rings. The highest BCUT2D eigenvalue weighted by atomic mass is 16.5. The summed E-state index contributed by atoms with van der Waals surface area (Å²) >= 11 is 0. The normalized spacial score (nSPS) is 15.9. The lowest BCUT2D eigenvalue weighted by Crippen LogP contribution is -1.90. The fraction of sp³-hybridized carbons (Fsp3) is 0.385. The topological polar surface area (TPSA) is 14.2 Å². The predicted octanol–water partition coefficient (Wildman–Crippen LogP) is 3.29. The Balaban J connectivity index is 2.32. The zero-order chi connectivity index (χ0) is 10.4. The molecule has 1 aromatic carbocycles. The lowest BCUT2D eigenvalue weighted by Gasteiger charge is -2.04. The van der Waals surface area contributed by atoms with Crippen LogP contribution in [-0.4, -0.2) is 11.7 Å². The minimum atomic E-state index is 0.730. The first kappa shape index (κ1) is 8.84. The second-order valence-corrected chi connectivity index (χ2v) is 4.30. The van der Waals surface area contributed by atoms with Gasteiger partial charge in [-0.2, -0.15) is 0 Å². The van der Waals surface area contributed by atoms with Crippen LogP contribution in [0.5, 0.6) is 5.75 Å². The van der Waals surface area contributed by atoms with E-state index in [2.05, 4.69) is 29.8 Å². The second kappa shape index (κ2) is 3.02. The maximum absolute atomic E-state index is 5.41. The molecule has 1 saturated carbocycles. The zero-order valence-electron chi connectivity index (χ0n) is 9.16. The van der Waals surface area contributed by atoms with Crippen molar-refractivity contribution in [1.82, 2.24) is 4.57 Å². The van der Waals surface area contributed by atoms with E-state index < -0.39 is 0 Å². The molecular formula is C13H15NO. The minimum Gasteiger partial charge on any atom is -0.496 e. The number of fused-ring (bicyclic) bond motifs is 1. The summed E-state index contributed by atoms with van der Waals surface area (Å²) < 4.78 is 7.80. The molecule has 0 amide bonds. The van der Waals surface area contributed by atoms with Crippen LogP contribution in [0.4, 0.5) is 0 Å². The predicted molar refractivity (Wildman–Crippen MR) is 61.5 cm³/mol. The molecule has 2 aromatic rings. The molecule has 2 nitrogen and oxygen atoms in total. The van der Waals surface area contributed by atoms with Crippen LogP contribution in [0.1, 0.15) is 24.4 Å². The van der Waals surface area contributed by atoms with Crippen LogP contribution in [0.15, 0.2) is 24.4 Å². The zero-order valence-corrected chi connectivity index (χ0v) is 9.16. The van der Waals surface area contributed by atoms with Gasteiger partial charge in [-0.3, -0.25) is 0 Å². The van der Waals surface area contributed by atoms with Crippen molar-refractivity contribution in [2.45, 2.75) is 25.8 Å². The number of hydrogen-bond donors (Lipinski definition) is 0. The monoisotopic (exact) mass is 201 g/mol. The number of hydrogen-bond acceptors (Lipinski definition) is 1. The lowest BCUT2D eigenvalue weighted by atomic mass is 10.2. The Bertz CT molecular complexity index is 508. The maximum Gasteiger partial charge on any atom is 0.128 e. The second-order valence-electron chi connectivity index (χ2n) is 4.30. The smallest absolute Gasteiger partial charge is 0.128 e. The van der Waals surface area contributed by atoms with Gasteiger partial charge in [0, 0.05) is 17.6 Å². The Kier molecular flexibility index (Phi) is 1.78. The van der Waals surface area contributed by atoms with E-state index in [9.17, 15) is 0 Å². The van der Waals surface area contributed by atoms with Crippen LogP contribution in [-0.2, 0) is 0 Å². The van der Waals surface area contributed by atoms with Gasteiger partial charge in [0.2, 0.25) is 0 Å². The molecule has 3 rings (SSSR count). The van der Waals surface area contributed by atoms with Gasteiger partial charge in [-0.25, -0.2) is 0 Å². The van der Waals surface area contributed by atoms with Gasteiger partial charge in [-0.15, -0.1) is 0 Å². The van der Waals surface area contributed by atoms with Crippen molar-refractivity contribution in [3.63, 3.8) is 0 Å². The summed E-state index contributed by atoms with van der Waals surface area (Å²) in [6, 6.07) is 7.02. The molecule has 0 bridgehead atoms. The molecule has 1 aliphatic rings. The van der Waals surface area contributed by atoms with Crippen LogP contribution in [0.25, 0.3) is 10.9 Å². The summed E-state index contributed by atoms with van der Waals surface area (Å²) in [5, 5.41) is 1.27. The summed E-state index contributed by atoms with van der Waals surface area (Å²) in [7, 11) is 1.74. The number of benzene rings is 1. The van der Waals surface area contributed by atoms with E-state index in [0.29, 0.717) is 0 Å². The number of methoxy groups -OCH3 is 1. The first-order valence-electron chi connectivity index (χ1n) is 5.45. The molecule has 15 heavy (non-hydrogen) atoms. The molecule has 0 unspecified atom stereocenters. The van der Waals surface area contributed by atoms with E-state index in [1.807, 2.05) is 6.07 Å². The summed E-state index contributed by atoms with van der Waals surface area (Å²) in [4.78, 5) is 0. The standard InChI is InChI=1S/C13H15NO/c1-9-8-14(10-6-7-10)11-4-3-5-12(15-2)13(9)11/h3-5,8,10H,6-7H2,1-2H3. The highest BCUT2D eigenvalue weighted by Crippen LogP contribution is 2.40. The fourth-order valence-corrected chi connectivity index (χ4v) is 2.30. The van der Waals surface area contributed by atoms with E-state index in [1.165, 1.54) is 29.3 Å². The van der Waals surface area contributed by atoms with Gasteiger partial charge in [-0.05, 0) is 37.5 Å². The third kappa shape index (κ3) is 1.24. The SMILES string of the molecule is COc1cccc2c1c(C)cn2C1CC1. The average Bonchev–Trinajstić information content (AvgIpc) is 3.04. The molecule has 2 heteroatoms. The number of ether oxygens (including phenoxy) is 1. The molecule has 1 aromatic heterocycles. The molecule has 1 aliphatic carbocycles. The summed E-state index contributed by atoms with van der Waals surface area (Å²) in [6.07, 6.45) is 4.89. The summed E-state index contributed by atoms with van der Waals surface area (Å²) in [5.74, 6) is 0.990. The first-order valence-corrected chi connectivity index (χ1v) is 5.45. The molecule has 0 spiro atoms. The van der Waals surface area contributed by atoms with Crippen LogP contribution in [0, 0.1) is 6.92 Å². The summed E-state index contributed by atoms with van der Waals surface area (Å²) in [5.41, 5.74) is 2.63. The number of aromatic nitrogens is 1. The Morgan fingerprint density at radius 2 is 2.13 bits per heavy atom. The van der Waals surface area contributed by atoms with Gasteiger partial charge in [0.25, 0.3) is 0 Å². The molecule has 0 saturated heterocycles. The highest BCUT2D eigenvalue weighted by Gasteiger charge is 2.25. The number of nitrogens with zero attached hydrogens (tertiary/aromatic N) is 1. The Hall–Kier alpha value is -1.44. The average molecular weight is 201 g/mol. The maximum atomic E-state index is 5.41. The molecular weight excluding hydrogens is 186 g/mol. The van der Waals surface area contributed by atoms with E-state index in [0.717, 1.165) is 11.8 Å². The van der Waals surface area contributed by atoms with Crippen LogP contribution >= 0.6 is 0 Å². The minimum absolute atomic E-state index is 0.730. The first-order chi connectivity index (χ1) is 7.31. The van der Waals surface area contributed by atoms with Crippen LogP contribution in [0.2, 0.25) is 0 Å². The summed E-state index contributed by atoms with van der Waals surface area (Å²) in [6.45, 7) is 2.16. The van der Waals surface area contributed by atoms with Gasteiger partial charge in [0.05, 0.1) is 12.6 Å². The molecule has 0 atom stereocenters. The van der Waals surface area contributed by atoms with Crippen molar-refractivity contribution in [3.05, 3.63) is 30.0 Å². The third-order valence-electron chi connectivity index (χ3n) is 3.17. The van der Waals surface area contributed by atoms with Crippen molar-refractivity contribution in [1.29, 1.82) is 0 Å². The quantitative estimate of drug-likeness (QED) is 0.727. The van der Waals surface area contributed by atoms with Gasteiger partial charge in [0.1, 0.15) is 5.75 Å². The van der Waals surface area contributed by atoms with E-state index >= 15 is 0 Å². The Labute approximate surface area is 89.5 Å². The van der Waals surface area contributed by atoms with E-state index in [1.54, 1.807) is 7.11 Å². The van der Waals surface area contributed by atoms with E-state index in [-0.39, 0.29) is 0 Å². The lowest BCUT2D eigenvalue weighted by molar-refractivity contribution is 0.419. The van der Waals surface area contributed by atoms with Crippen molar-refractivity contribution < 1.29 is 4.74 Å². The van der Waals surface area contributed by atoms with Crippen LogP contribution < -0.4 is 4.74 Å². The van der Waals surface area contributed by atoms with Crippen LogP contribution in [0.3, 0.4) is 0 Å².